The van der Waals surface area contributed by atoms with Crippen LogP contribution in [0.15, 0.2) is 43.0 Å². The molecule has 1 aromatic heterocycles. The predicted molar refractivity (Wildman–Crippen MR) is 69.7 cm³/mol. The summed E-state index contributed by atoms with van der Waals surface area (Å²) in [5, 5.41) is 17.0. The van der Waals surface area contributed by atoms with Crippen LogP contribution in [0.4, 0.5) is 0 Å². The van der Waals surface area contributed by atoms with E-state index in [1.807, 2.05) is 0 Å². The minimum atomic E-state index is -1.13. The Balaban J connectivity index is 0. The number of aromatic amines is 1. The van der Waals surface area contributed by atoms with Gasteiger partial charge in [-0.25, -0.2) is 14.6 Å². The molecule has 0 fully saturated rings. The number of carbonyl (C=O) groups is 2. The number of H-pyrrole nitrogens is 1. The Morgan fingerprint density at radius 2 is 1.63 bits per heavy atom. The van der Waals surface area contributed by atoms with Gasteiger partial charge in [0.15, 0.2) is 0 Å². The Kier molecular flexibility index (Phi) is 11.6. The van der Waals surface area contributed by atoms with Crippen LogP contribution >= 0.6 is 0 Å². The molecule has 1 aromatic carbocycles. The van der Waals surface area contributed by atoms with Gasteiger partial charge in [-0.3, -0.25) is 0 Å². The maximum Gasteiger partial charge on any atom is 0.0919 e. The molecule has 0 aliphatic carbocycles. The molecular weight excluding hydrogens is 279 g/mol. The number of nitrogens with one attached hydrogen (secondary N) is 1. The number of carboxylic acid groups (broad SMARTS) is 2. The Morgan fingerprint density at radius 3 is 1.89 bits per heavy atom. The van der Waals surface area contributed by atoms with E-state index in [4.69, 9.17) is 10.2 Å². The van der Waals surface area contributed by atoms with E-state index in [0.29, 0.717) is 0 Å². The molecule has 8 heteroatoms. The van der Waals surface area contributed by atoms with Crippen molar-refractivity contribution in [3.8, 4) is 0 Å². The maximum atomic E-state index is 10.4. The van der Waals surface area contributed by atoms with Crippen molar-refractivity contribution in [1.29, 1.82) is 0 Å². The molecule has 1 heterocycles. The number of benzene rings is 1. The summed E-state index contributed by atoms with van der Waals surface area (Å²) in [6.45, 7) is 0. The Labute approximate surface area is 151 Å². The molecule has 0 amide bonds. The summed E-state index contributed by atoms with van der Waals surface area (Å²) in [5.41, 5.74) is -0.0372. The summed E-state index contributed by atoms with van der Waals surface area (Å²) < 4.78 is 0. The molecule has 2 aromatic rings. The van der Waals surface area contributed by atoms with E-state index in [9.17, 15) is 9.59 Å². The van der Waals surface area contributed by atoms with Crippen molar-refractivity contribution in [2.75, 3.05) is 0 Å². The molecule has 0 aliphatic rings. The van der Waals surface area contributed by atoms with Crippen molar-refractivity contribution in [3.63, 3.8) is 0 Å². The first kappa shape index (κ1) is 20.3. The summed E-state index contributed by atoms with van der Waals surface area (Å²) >= 11 is 0. The van der Waals surface area contributed by atoms with Crippen molar-refractivity contribution in [1.82, 2.24) is 9.97 Å². The normalized spacial score (nSPS) is 8.00. The van der Waals surface area contributed by atoms with E-state index in [2.05, 4.69) is 9.97 Å². The second kappa shape index (κ2) is 10.8. The van der Waals surface area contributed by atoms with Crippen LogP contribution in [0.2, 0.25) is 0 Å². The molecule has 0 aliphatic heterocycles. The van der Waals surface area contributed by atoms with Gasteiger partial charge in [-0.05, 0) is 18.2 Å². The number of hydrogen-bond acceptors (Lipinski definition) is 3. The SMILES string of the molecule is O.O=C(O)c1cccc(C(=O)O)c1.[KH].c1c[nH]cn1. The fraction of sp³-hybridized carbons (Fsp3) is 0. The molecule has 0 spiro atoms. The van der Waals surface area contributed by atoms with Gasteiger partial charge in [0.1, 0.15) is 0 Å². The smallest absolute Gasteiger partial charge is 0.0919 e. The van der Waals surface area contributed by atoms with Gasteiger partial charge in [0.25, 0.3) is 0 Å². The molecule has 19 heavy (non-hydrogen) atoms. The van der Waals surface area contributed by atoms with Crippen molar-refractivity contribution >= 4 is 63.3 Å². The average molecular weight is 292 g/mol. The van der Waals surface area contributed by atoms with E-state index in [0.717, 1.165) is 6.07 Å². The number of imidazole rings is 1. The Hall–Kier alpha value is -1.03. The zero-order valence-electron chi connectivity index (χ0n) is 9.20. The quantitative estimate of drug-likeness (QED) is 0.670. The van der Waals surface area contributed by atoms with E-state index in [1.54, 1.807) is 18.7 Å². The number of aromatic nitrogens is 2. The molecule has 98 valence electrons. The maximum absolute atomic E-state index is 10.4. The minimum Gasteiger partial charge on any atom is -0.351 e. The van der Waals surface area contributed by atoms with E-state index >= 15 is 0 Å². The molecule has 0 radical (unpaired) electrons. The second-order valence-corrected chi connectivity index (χ2v) is 2.95. The van der Waals surface area contributed by atoms with Crippen molar-refractivity contribution in [3.05, 3.63) is 54.1 Å². The van der Waals surface area contributed by atoms with Crippen LogP contribution in [-0.2, 0) is 0 Å². The van der Waals surface area contributed by atoms with Crippen LogP contribution in [0.3, 0.4) is 0 Å². The average Bonchev–Trinajstić information content (AvgIpc) is 2.87. The number of hydrogen-bond donors (Lipinski definition) is 3. The van der Waals surface area contributed by atoms with E-state index < -0.39 is 11.9 Å². The van der Waals surface area contributed by atoms with Gasteiger partial charge < -0.3 is 20.7 Å². The van der Waals surface area contributed by atoms with Crippen LogP contribution in [0.5, 0.6) is 0 Å². The third kappa shape index (κ3) is 7.88. The van der Waals surface area contributed by atoms with Gasteiger partial charge in [0.05, 0.1) is 17.5 Å². The molecule has 0 saturated carbocycles. The molecule has 0 unspecified atom stereocenters. The summed E-state index contributed by atoms with van der Waals surface area (Å²) in [7, 11) is 0. The molecule has 0 atom stereocenters. The zero-order chi connectivity index (χ0) is 12.7. The molecule has 0 bridgehead atoms. The zero-order valence-corrected chi connectivity index (χ0v) is 9.20. The standard InChI is InChI=1S/C8H6O4.C3H4N2.K.H2O.H/c9-7(10)5-2-1-3-6(4-5)8(11)12;1-2-5-3-4-1;;;/h1-4H,(H,9,10)(H,11,12);1-3H,(H,4,5);;1H2;. The van der Waals surface area contributed by atoms with Crippen LogP contribution in [-0.4, -0.2) is 89.0 Å². The first-order valence-corrected chi connectivity index (χ1v) is 4.60. The Bertz CT molecular complexity index is 455. The van der Waals surface area contributed by atoms with Gasteiger partial charge in [-0.1, -0.05) is 6.07 Å². The summed E-state index contributed by atoms with van der Waals surface area (Å²) in [5.74, 6) is -2.25. The number of rotatable bonds is 2. The molecule has 0 saturated heterocycles. The minimum absolute atomic E-state index is 0. The van der Waals surface area contributed by atoms with Crippen molar-refractivity contribution < 1.29 is 25.3 Å². The van der Waals surface area contributed by atoms with Crippen molar-refractivity contribution in [2.45, 2.75) is 0 Å². The second-order valence-electron chi connectivity index (χ2n) is 2.95. The summed E-state index contributed by atoms with van der Waals surface area (Å²) in [6.07, 6.45) is 5.08. The number of carboxylic acids is 2. The van der Waals surface area contributed by atoms with Crippen molar-refractivity contribution in [2.24, 2.45) is 0 Å². The van der Waals surface area contributed by atoms with Gasteiger partial charge >= 0.3 is 63.3 Å². The number of aromatic carboxylic acids is 2. The van der Waals surface area contributed by atoms with Crippen LogP contribution in [0.25, 0.3) is 0 Å². The molecule has 2 rings (SSSR count). The fourth-order valence-electron chi connectivity index (χ4n) is 1.00. The summed E-state index contributed by atoms with van der Waals surface area (Å²) in [6, 6.07) is 5.20. The van der Waals surface area contributed by atoms with Crippen LogP contribution in [0, 0.1) is 0 Å². The molecule has 5 N–H and O–H groups in total. The van der Waals surface area contributed by atoms with Gasteiger partial charge in [-0.15, -0.1) is 0 Å². The van der Waals surface area contributed by atoms with Gasteiger partial charge in [0.2, 0.25) is 0 Å². The molecule has 7 nitrogen and oxygen atoms in total. The Morgan fingerprint density at radius 1 is 1.11 bits per heavy atom. The van der Waals surface area contributed by atoms with Crippen LogP contribution in [0.1, 0.15) is 20.7 Å². The number of nitrogens with zero attached hydrogens (tertiary/aromatic N) is 1. The van der Waals surface area contributed by atoms with E-state index in [-0.39, 0.29) is 68.0 Å². The third-order valence-corrected chi connectivity index (χ3v) is 1.76. The topological polar surface area (TPSA) is 135 Å². The monoisotopic (exact) mass is 292 g/mol. The van der Waals surface area contributed by atoms with Gasteiger partial charge in [0, 0.05) is 12.4 Å². The van der Waals surface area contributed by atoms with E-state index in [1.165, 1.54) is 18.2 Å². The largest absolute Gasteiger partial charge is 0.351 e. The fourth-order valence-corrected chi connectivity index (χ4v) is 1.00. The molecular formula is C11H13KN2O5. The van der Waals surface area contributed by atoms with Crippen LogP contribution < -0.4 is 0 Å². The predicted octanol–water partition coefficient (Wildman–Crippen LogP) is 0.0195. The first-order valence-electron chi connectivity index (χ1n) is 4.60. The third-order valence-electron chi connectivity index (χ3n) is 1.76. The first-order chi connectivity index (χ1) is 8.11. The summed E-state index contributed by atoms with van der Waals surface area (Å²) in [4.78, 5) is 27.2. The van der Waals surface area contributed by atoms with Gasteiger partial charge in [-0.2, -0.15) is 0 Å².